The van der Waals surface area contributed by atoms with Crippen molar-refractivity contribution in [2.45, 2.75) is 84.3 Å². The summed E-state index contributed by atoms with van der Waals surface area (Å²) >= 11 is 0. The van der Waals surface area contributed by atoms with Crippen molar-refractivity contribution in [3.05, 3.63) is 52.4 Å². The predicted molar refractivity (Wildman–Crippen MR) is 143 cm³/mol. The molecule has 202 valence electrons. The lowest BCUT2D eigenvalue weighted by Gasteiger charge is -2.61. The quantitative estimate of drug-likeness (QED) is 0.471. The van der Waals surface area contributed by atoms with E-state index in [1.54, 1.807) is 14.0 Å². The Bertz CT molecular complexity index is 1240. The van der Waals surface area contributed by atoms with E-state index in [1.165, 1.54) is 24.8 Å². The van der Waals surface area contributed by atoms with Gasteiger partial charge in [-0.15, -0.1) is 0 Å². The average Bonchev–Trinajstić information content (AvgIpc) is 3.22. The molecular weight excluding hydrogens is 476 g/mol. The van der Waals surface area contributed by atoms with Crippen molar-refractivity contribution >= 4 is 5.97 Å². The SMILES string of the molecule is COc1ccc(C2OC(N)=C(C#N)C3=C2C[C@@]2(C)[C@@H](CC[C@@H]4[C@@H]2CC[C@]2(C)[C@@H](OC(C)=O)CC[C@@H]42)C3)cc1. The number of nitriles is 1. The van der Waals surface area contributed by atoms with Gasteiger partial charge in [0.15, 0.2) is 0 Å². The van der Waals surface area contributed by atoms with Gasteiger partial charge in [0.05, 0.1) is 7.11 Å². The highest BCUT2D eigenvalue weighted by Gasteiger charge is 2.61. The lowest BCUT2D eigenvalue weighted by atomic mass is 9.44. The first-order valence-electron chi connectivity index (χ1n) is 14.3. The summed E-state index contributed by atoms with van der Waals surface area (Å²) in [4.78, 5) is 11.8. The van der Waals surface area contributed by atoms with E-state index >= 15 is 0 Å². The highest BCUT2D eigenvalue weighted by Crippen LogP contribution is 2.68. The Morgan fingerprint density at radius 2 is 1.82 bits per heavy atom. The van der Waals surface area contributed by atoms with Crippen molar-refractivity contribution in [3.8, 4) is 11.8 Å². The predicted octanol–water partition coefficient (Wildman–Crippen LogP) is 6.34. The van der Waals surface area contributed by atoms with Crippen LogP contribution in [0.2, 0.25) is 0 Å². The van der Waals surface area contributed by atoms with Crippen LogP contribution in [-0.2, 0) is 14.3 Å². The second-order valence-corrected chi connectivity index (χ2v) is 12.9. The molecule has 8 atom stereocenters. The number of rotatable bonds is 3. The van der Waals surface area contributed by atoms with Crippen LogP contribution in [-0.4, -0.2) is 19.2 Å². The Hall–Kier alpha value is -2.94. The van der Waals surface area contributed by atoms with E-state index in [4.69, 9.17) is 19.9 Å². The number of nitrogens with two attached hydrogens (primary N) is 1. The van der Waals surface area contributed by atoms with Crippen LogP contribution in [0.4, 0.5) is 0 Å². The van der Waals surface area contributed by atoms with Crippen molar-refractivity contribution in [2.75, 3.05) is 7.11 Å². The largest absolute Gasteiger partial charge is 0.497 e. The average molecular weight is 517 g/mol. The third-order valence-corrected chi connectivity index (χ3v) is 11.3. The van der Waals surface area contributed by atoms with Crippen molar-refractivity contribution < 1.29 is 19.0 Å². The van der Waals surface area contributed by atoms with Crippen LogP contribution in [0.3, 0.4) is 0 Å². The minimum Gasteiger partial charge on any atom is -0.497 e. The van der Waals surface area contributed by atoms with Crippen LogP contribution in [0.5, 0.6) is 5.75 Å². The third kappa shape index (κ3) is 3.68. The molecule has 1 unspecified atom stereocenters. The maximum atomic E-state index is 11.8. The number of methoxy groups -OCH3 is 1. The zero-order valence-electron chi connectivity index (χ0n) is 23.1. The Kier molecular flexibility index (Phi) is 6.05. The van der Waals surface area contributed by atoms with Gasteiger partial charge in [-0.3, -0.25) is 4.79 Å². The first-order valence-corrected chi connectivity index (χ1v) is 14.3. The normalized spacial score (nSPS) is 39.7. The van der Waals surface area contributed by atoms with E-state index in [-0.39, 0.29) is 34.9 Å². The molecule has 1 aliphatic heterocycles. The molecule has 3 saturated carbocycles. The molecule has 0 aromatic heterocycles. The van der Waals surface area contributed by atoms with Gasteiger partial charge in [-0.05, 0) is 109 Å². The number of ether oxygens (including phenoxy) is 3. The molecule has 0 bridgehead atoms. The molecule has 0 radical (unpaired) electrons. The number of benzene rings is 1. The molecule has 1 heterocycles. The summed E-state index contributed by atoms with van der Waals surface area (Å²) in [6, 6.07) is 10.4. The van der Waals surface area contributed by atoms with Crippen LogP contribution in [0.1, 0.15) is 83.8 Å². The zero-order valence-corrected chi connectivity index (χ0v) is 23.1. The van der Waals surface area contributed by atoms with Gasteiger partial charge >= 0.3 is 5.97 Å². The highest BCUT2D eigenvalue weighted by molar-refractivity contribution is 5.66. The number of carbonyl (C=O) groups is 1. The monoisotopic (exact) mass is 516 g/mol. The highest BCUT2D eigenvalue weighted by atomic mass is 16.5. The van der Waals surface area contributed by atoms with Gasteiger partial charge in [0.25, 0.3) is 0 Å². The van der Waals surface area contributed by atoms with E-state index in [0.29, 0.717) is 29.2 Å². The molecule has 1 aromatic rings. The standard InChI is InChI=1S/C32H40N2O4/c1-18(35)37-28-12-11-26-22-10-7-20-15-23-24(16-32(20,3)27(22)13-14-31(26,28)2)29(38-30(34)25(23)17-33)19-5-8-21(36-4)9-6-19/h5-6,8-9,20,22,26-29H,7,10-16,34H2,1-4H3/t20-,22-,26-,27-,28-,29?,31-,32-/m0/s1. The van der Waals surface area contributed by atoms with Gasteiger partial charge in [0.1, 0.15) is 29.6 Å². The minimum absolute atomic E-state index is 0.0506. The maximum Gasteiger partial charge on any atom is 0.302 e. The summed E-state index contributed by atoms with van der Waals surface area (Å²) in [6.07, 6.45) is 8.41. The molecule has 3 fully saturated rings. The molecule has 0 spiro atoms. The molecule has 6 nitrogen and oxygen atoms in total. The van der Waals surface area contributed by atoms with Crippen LogP contribution >= 0.6 is 0 Å². The summed E-state index contributed by atoms with van der Waals surface area (Å²) in [5, 5.41) is 10.0. The van der Waals surface area contributed by atoms with Crippen LogP contribution < -0.4 is 10.5 Å². The van der Waals surface area contributed by atoms with Gasteiger partial charge in [-0.25, -0.2) is 0 Å². The van der Waals surface area contributed by atoms with Gasteiger partial charge in [-0.2, -0.15) is 5.26 Å². The van der Waals surface area contributed by atoms with E-state index in [2.05, 4.69) is 32.0 Å². The molecule has 5 aliphatic rings. The number of esters is 1. The summed E-state index contributed by atoms with van der Waals surface area (Å²) in [5.74, 6) is 3.31. The van der Waals surface area contributed by atoms with Gasteiger partial charge < -0.3 is 19.9 Å². The Morgan fingerprint density at radius 3 is 2.50 bits per heavy atom. The fourth-order valence-corrected chi connectivity index (χ4v) is 9.48. The van der Waals surface area contributed by atoms with Crippen molar-refractivity contribution in [2.24, 2.45) is 40.2 Å². The van der Waals surface area contributed by atoms with Crippen molar-refractivity contribution in [3.63, 3.8) is 0 Å². The molecule has 6 rings (SSSR count). The Labute approximate surface area is 226 Å². The fourth-order valence-electron chi connectivity index (χ4n) is 9.48. The topological polar surface area (TPSA) is 94.6 Å². The number of fused-ring (bicyclic) bond motifs is 5. The number of allylic oxidation sites excluding steroid dienone is 2. The van der Waals surface area contributed by atoms with Gasteiger partial charge in [-0.1, -0.05) is 26.0 Å². The first kappa shape index (κ1) is 25.3. The molecule has 38 heavy (non-hydrogen) atoms. The maximum absolute atomic E-state index is 11.8. The van der Waals surface area contributed by atoms with Crippen LogP contribution in [0, 0.1) is 45.8 Å². The van der Waals surface area contributed by atoms with E-state index in [9.17, 15) is 10.1 Å². The van der Waals surface area contributed by atoms with Crippen molar-refractivity contribution in [1.29, 1.82) is 5.26 Å². The van der Waals surface area contributed by atoms with Crippen molar-refractivity contribution in [1.82, 2.24) is 0 Å². The second-order valence-electron chi connectivity index (χ2n) is 12.9. The first-order chi connectivity index (χ1) is 18.2. The Balaban J connectivity index is 1.35. The van der Waals surface area contributed by atoms with E-state index in [1.807, 2.05) is 12.1 Å². The van der Waals surface area contributed by atoms with E-state index < -0.39 is 0 Å². The molecule has 2 N–H and O–H groups in total. The number of nitrogens with zero attached hydrogens (tertiary/aromatic N) is 1. The molecule has 6 heteroatoms. The Morgan fingerprint density at radius 1 is 1.08 bits per heavy atom. The zero-order chi connectivity index (χ0) is 26.8. The summed E-state index contributed by atoms with van der Waals surface area (Å²) in [7, 11) is 1.67. The van der Waals surface area contributed by atoms with E-state index in [0.717, 1.165) is 49.0 Å². The smallest absolute Gasteiger partial charge is 0.302 e. The lowest BCUT2D eigenvalue weighted by Crippen LogP contribution is -2.54. The minimum atomic E-state index is -0.278. The third-order valence-electron chi connectivity index (χ3n) is 11.3. The summed E-state index contributed by atoms with van der Waals surface area (Å²) in [5.41, 5.74) is 10.5. The van der Waals surface area contributed by atoms with Crippen LogP contribution in [0.25, 0.3) is 0 Å². The number of hydrogen-bond donors (Lipinski definition) is 1. The van der Waals surface area contributed by atoms with Gasteiger partial charge in [0.2, 0.25) is 5.88 Å². The molecular formula is C32H40N2O4. The summed E-state index contributed by atoms with van der Waals surface area (Å²) in [6.45, 7) is 6.44. The molecule has 0 amide bonds. The molecule has 1 aromatic carbocycles. The molecule has 0 saturated heterocycles. The molecule has 4 aliphatic carbocycles. The number of hydrogen-bond acceptors (Lipinski definition) is 6. The summed E-state index contributed by atoms with van der Waals surface area (Å²) < 4.78 is 17.5. The lowest BCUT2D eigenvalue weighted by molar-refractivity contribution is -0.160. The van der Waals surface area contributed by atoms with Gasteiger partial charge in [0, 0.05) is 12.3 Å². The second kappa shape index (κ2) is 9.07. The number of carbonyl (C=O) groups excluding carboxylic acids is 1. The van der Waals surface area contributed by atoms with Crippen LogP contribution in [0.15, 0.2) is 46.9 Å². The fraction of sp³-hybridized carbons (Fsp3) is 0.625.